The van der Waals surface area contributed by atoms with Crippen molar-refractivity contribution in [3.63, 3.8) is 0 Å². The summed E-state index contributed by atoms with van der Waals surface area (Å²) in [4.78, 5) is 12.8. The summed E-state index contributed by atoms with van der Waals surface area (Å²) in [5.74, 6) is 0.275. The lowest BCUT2D eigenvalue weighted by atomic mass is 10.0. The second kappa shape index (κ2) is 6.90. The van der Waals surface area contributed by atoms with Crippen LogP contribution in [-0.2, 0) is 4.79 Å². The first kappa shape index (κ1) is 13.6. The first-order valence-corrected chi connectivity index (χ1v) is 7.18. The lowest BCUT2D eigenvalue weighted by Crippen LogP contribution is -2.25. The number of hydrogen-bond donors (Lipinski definition) is 1. The average Bonchev–Trinajstić information content (AvgIpc) is 2.96. The summed E-state index contributed by atoms with van der Waals surface area (Å²) < 4.78 is 0. The lowest BCUT2D eigenvalue weighted by Gasteiger charge is -2.11. The second-order valence-corrected chi connectivity index (χ2v) is 5.38. The Balaban J connectivity index is 1.81. The van der Waals surface area contributed by atoms with Crippen LogP contribution in [0.2, 0.25) is 0 Å². The molecule has 0 aliphatic rings. The molecule has 1 aromatic carbocycles. The molecule has 0 aliphatic carbocycles. The summed E-state index contributed by atoms with van der Waals surface area (Å²) >= 11 is 1.62. The molecule has 0 radical (unpaired) electrons. The van der Waals surface area contributed by atoms with Crippen LogP contribution in [0.1, 0.15) is 23.3 Å². The van der Waals surface area contributed by atoms with Gasteiger partial charge in [-0.15, -0.1) is 11.3 Å². The summed E-state index contributed by atoms with van der Waals surface area (Å²) in [7, 11) is 0. The third-order valence-corrected chi connectivity index (χ3v) is 3.73. The number of rotatable bonds is 5. The predicted molar refractivity (Wildman–Crippen MR) is 81.2 cm³/mol. The minimum absolute atomic E-state index is 0.0452. The topological polar surface area (TPSA) is 29.1 Å². The Kier molecular flexibility index (Phi) is 4.93. The third-order valence-electron chi connectivity index (χ3n) is 2.89. The van der Waals surface area contributed by atoms with Crippen molar-refractivity contribution in [3.05, 3.63) is 64.4 Å². The maximum absolute atomic E-state index is 11.7. The van der Waals surface area contributed by atoms with Crippen LogP contribution in [0.4, 0.5) is 0 Å². The first-order valence-electron chi connectivity index (χ1n) is 6.30. The maximum atomic E-state index is 11.7. The molecule has 1 heterocycles. The Bertz CT molecular complexity index is 531. The molecular formula is C16H17NOS. The lowest BCUT2D eigenvalue weighted by molar-refractivity contribution is -0.116. The smallest absolute Gasteiger partial charge is 0.244 e. The van der Waals surface area contributed by atoms with E-state index in [4.69, 9.17) is 0 Å². The van der Waals surface area contributed by atoms with Gasteiger partial charge in [-0.3, -0.25) is 4.79 Å². The van der Waals surface area contributed by atoms with Crippen molar-refractivity contribution < 1.29 is 4.79 Å². The van der Waals surface area contributed by atoms with E-state index >= 15 is 0 Å². The van der Waals surface area contributed by atoms with Gasteiger partial charge in [0.25, 0.3) is 0 Å². The van der Waals surface area contributed by atoms with Crippen molar-refractivity contribution in [1.82, 2.24) is 5.32 Å². The first-order chi connectivity index (χ1) is 9.25. The molecule has 0 saturated heterocycles. The Morgan fingerprint density at radius 2 is 2.05 bits per heavy atom. The highest BCUT2D eigenvalue weighted by atomic mass is 32.1. The monoisotopic (exact) mass is 271 g/mol. The fourth-order valence-electron chi connectivity index (χ4n) is 1.76. The van der Waals surface area contributed by atoms with Crippen molar-refractivity contribution in [2.45, 2.75) is 12.8 Å². The number of benzene rings is 1. The second-order valence-electron chi connectivity index (χ2n) is 4.41. The Hall–Kier alpha value is -1.87. The molecule has 0 spiro atoms. The van der Waals surface area contributed by atoms with Gasteiger partial charge in [0.1, 0.15) is 0 Å². The van der Waals surface area contributed by atoms with Crippen LogP contribution in [0.5, 0.6) is 0 Å². The van der Waals surface area contributed by atoms with Crippen molar-refractivity contribution >= 4 is 23.3 Å². The van der Waals surface area contributed by atoms with Gasteiger partial charge in [-0.25, -0.2) is 0 Å². The SMILES string of the molecule is CC(CNC(=O)C=Cc1cccs1)c1ccccc1. The highest BCUT2D eigenvalue weighted by Gasteiger charge is 2.05. The normalized spacial score (nSPS) is 12.5. The van der Waals surface area contributed by atoms with E-state index in [0.29, 0.717) is 12.5 Å². The van der Waals surface area contributed by atoms with Gasteiger partial charge < -0.3 is 5.32 Å². The van der Waals surface area contributed by atoms with Crippen molar-refractivity contribution in [2.24, 2.45) is 0 Å². The van der Waals surface area contributed by atoms with Crippen LogP contribution < -0.4 is 5.32 Å². The molecule has 2 rings (SSSR count). The van der Waals surface area contributed by atoms with E-state index in [0.717, 1.165) is 4.88 Å². The number of thiophene rings is 1. The van der Waals surface area contributed by atoms with Crippen molar-refractivity contribution in [3.8, 4) is 0 Å². The van der Waals surface area contributed by atoms with Gasteiger partial charge >= 0.3 is 0 Å². The number of amides is 1. The molecule has 0 bridgehead atoms. The number of nitrogens with one attached hydrogen (secondary N) is 1. The molecule has 1 N–H and O–H groups in total. The Morgan fingerprint density at radius 1 is 1.26 bits per heavy atom. The molecule has 1 aromatic heterocycles. The zero-order valence-electron chi connectivity index (χ0n) is 10.9. The predicted octanol–water partition coefficient (Wildman–Crippen LogP) is 3.68. The van der Waals surface area contributed by atoms with Crippen LogP contribution in [0.3, 0.4) is 0 Å². The molecular weight excluding hydrogens is 254 g/mol. The fraction of sp³-hybridized carbons (Fsp3) is 0.188. The van der Waals surface area contributed by atoms with Gasteiger partial charge in [0.2, 0.25) is 5.91 Å². The minimum Gasteiger partial charge on any atom is -0.352 e. The summed E-state index contributed by atoms with van der Waals surface area (Å²) in [6.45, 7) is 2.76. The zero-order chi connectivity index (χ0) is 13.5. The summed E-state index contributed by atoms with van der Waals surface area (Å²) in [6.07, 6.45) is 3.43. The van der Waals surface area contributed by atoms with Gasteiger partial charge in [-0.2, -0.15) is 0 Å². The number of hydrogen-bond acceptors (Lipinski definition) is 2. The van der Waals surface area contributed by atoms with E-state index in [-0.39, 0.29) is 5.91 Å². The fourth-order valence-corrected chi connectivity index (χ4v) is 2.37. The van der Waals surface area contributed by atoms with Gasteiger partial charge in [0.05, 0.1) is 0 Å². The summed E-state index contributed by atoms with van der Waals surface area (Å²) in [5, 5.41) is 4.92. The third kappa shape index (κ3) is 4.38. The number of carbonyl (C=O) groups is 1. The minimum atomic E-state index is -0.0452. The highest BCUT2D eigenvalue weighted by Crippen LogP contribution is 2.13. The molecule has 1 atom stereocenters. The van der Waals surface area contributed by atoms with Gasteiger partial charge in [0.15, 0.2) is 0 Å². The van der Waals surface area contributed by atoms with Crippen LogP contribution in [0, 0.1) is 0 Å². The molecule has 2 nitrogen and oxygen atoms in total. The molecule has 1 amide bonds. The van der Waals surface area contributed by atoms with E-state index in [2.05, 4.69) is 24.4 Å². The van der Waals surface area contributed by atoms with Crippen LogP contribution in [0.25, 0.3) is 6.08 Å². The number of carbonyl (C=O) groups excluding carboxylic acids is 1. The molecule has 0 saturated carbocycles. The Labute approximate surface area is 117 Å². The Morgan fingerprint density at radius 3 is 2.74 bits per heavy atom. The van der Waals surface area contributed by atoms with E-state index < -0.39 is 0 Å². The maximum Gasteiger partial charge on any atom is 0.244 e. The van der Waals surface area contributed by atoms with Crippen LogP contribution >= 0.6 is 11.3 Å². The average molecular weight is 271 g/mol. The van der Waals surface area contributed by atoms with Gasteiger partial charge in [0, 0.05) is 17.5 Å². The van der Waals surface area contributed by atoms with Gasteiger partial charge in [-0.1, -0.05) is 43.3 Å². The quantitative estimate of drug-likeness (QED) is 0.826. The zero-order valence-corrected chi connectivity index (χ0v) is 11.7. The van der Waals surface area contributed by atoms with E-state index in [1.54, 1.807) is 17.4 Å². The van der Waals surface area contributed by atoms with E-state index in [9.17, 15) is 4.79 Å². The summed E-state index contributed by atoms with van der Waals surface area (Å²) in [6, 6.07) is 14.2. The van der Waals surface area contributed by atoms with E-state index in [1.807, 2.05) is 41.8 Å². The van der Waals surface area contributed by atoms with Crippen molar-refractivity contribution in [2.75, 3.05) is 6.54 Å². The van der Waals surface area contributed by atoms with Crippen LogP contribution in [0.15, 0.2) is 53.9 Å². The van der Waals surface area contributed by atoms with E-state index in [1.165, 1.54) is 5.56 Å². The van der Waals surface area contributed by atoms with Crippen molar-refractivity contribution in [1.29, 1.82) is 0 Å². The largest absolute Gasteiger partial charge is 0.352 e. The molecule has 0 aliphatic heterocycles. The molecule has 98 valence electrons. The molecule has 0 fully saturated rings. The standard InChI is InChI=1S/C16H17NOS/c1-13(14-6-3-2-4-7-14)12-17-16(18)10-9-15-8-5-11-19-15/h2-11,13H,12H2,1H3,(H,17,18). The molecule has 3 heteroatoms. The summed E-state index contributed by atoms with van der Waals surface area (Å²) in [5.41, 5.74) is 1.24. The molecule has 19 heavy (non-hydrogen) atoms. The molecule has 2 aromatic rings. The van der Waals surface area contributed by atoms with Crippen LogP contribution in [-0.4, -0.2) is 12.5 Å². The molecule has 1 unspecified atom stereocenters. The highest BCUT2D eigenvalue weighted by molar-refractivity contribution is 7.10. The van der Waals surface area contributed by atoms with Gasteiger partial charge in [-0.05, 0) is 29.0 Å².